The lowest BCUT2D eigenvalue weighted by atomic mass is 9.89. The predicted molar refractivity (Wildman–Crippen MR) is 117 cm³/mol. The Labute approximate surface area is 179 Å². The zero-order valence-electron chi connectivity index (χ0n) is 18.1. The molecule has 0 aromatic heterocycles. The van der Waals surface area contributed by atoms with E-state index in [1.165, 1.54) is 4.31 Å². The summed E-state index contributed by atoms with van der Waals surface area (Å²) in [5, 5.41) is 2.54. The molecular formula is C22H33N3O4S. The van der Waals surface area contributed by atoms with Gasteiger partial charge in [-0.3, -0.25) is 9.59 Å². The average Bonchev–Trinajstić information content (AvgIpc) is 3.26. The molecule has 1 aromatic rings. The lowest BCUT2D eigenvalue weighted by Crippen LogP contribution is -2.54. The quantitative estimate of drug-likeness (QED) is 0.742. The highest BCUT2D eigenvalue weighted by atomic mass is 32.2. The van der Waals surface area contributed by atoms with Crippen molar-refractivity contribution in [2.24, 2.45) is 5.92 Å². The molecule has 2 amide bonds. The number of hydrogen-bond acceptors (Lipinski definition) is 4. The third kappa shape index (κ3) is 4.86. The average molecular weight is 436 g/mol. The molecule has 166 valence electrons. The number of carbonyl (C=O) groups excluding carboxylic acids is 2. The molecule has 2 heterocycles. The van der Waals surface area contributed by atoms with Crippen molar-refractivity contribution in [1.29, 1.82) is 0 Å². The van der Waals surface area contributed by atoms with Crippen LogP contribution in [0.25, 0.3) is 0 Å². The van der Waals surface area contributed by atoms with Crippen LogP contribution >= 0.6 is 0 Å². The SMILES string of the molecule is Cc1ccccc1C(=O)NC(C(=O)N1CCCC1)C1CCN(S(=O)(=O)C(C)C)CC1. The van der Waals surface area contributed by atoms with Crippen LogP contribution in [-0.4, -0.2) is 66.9 Å². The van der Waals surface area contributed by atoms with Crippen molar-refractivity contribution in [3.63, 3.8) is 0 Å². The number of piperidine rings is 1. The van der Waals surface area contributed by atoms with E-state index in [4.69, 9.17) is 0 Å². The van der Waals surface area contributed by atoms with E-state index in [2.05, 4.69) is 5.32 Å². The van der Waals surface area contributed by atoms with Crippen LogP contribution in [0.3, 0.4) is 0 Å². The van der Waals surface area contributed by atoms with Crippen molar-refractivity contribution in [3.05, 3.63) is 35.4 Å². The second-order valence-electron chi connectivity index (χ2n) is 8.63. The van der Waals surface area contributed by atoms with Gasteiger partial charge in [-0.25, -0.2) is 12.7 Å². The minimum absolute atomic E-state index is 0.0420. The number of hydrogen-bond donors (Lipinski definition) is 1. The molecule has 1 atom stereocenters. The summed E-state index contributed by atoms with van der Waals surface area (Å²) < 4.78 is 26.5. The number of nitrogens with one attached hydrogen (secondary N) is 1. The second-order valence-corrected chi connectivity index (χ2v) is 11.1. The van der Waals surface area contributed by atoms with E-state index in [0.29, 0.717) is 31.5 Å². The van der Waals surface area contributed by atoms with Gasteiger partial charge in [-0.2, -0.15) is 0 Å². The van der Waals surface area contributed by atoms with Crippen LogP contribution in [0.2, 0.25) is 0 Å². The van der Waals surface area contributed by atoms with Gasteiger partial charge in [0.15, 0.2) is 0 Å². The largest absolute Gasteiger partial charge is 0.341 e. The molecule has 2 fully saturated rings. The Morgan fingerprint density at radius 1 is 1.03 bits per heavy atom. The van der Waals surface area contributed by atoms with Crippen LogP contribution in [0.1, 0.15) is 55.5 Å². The molecule has 2 saturated heterocycles. The van der Waals surface area contributed by atoms with Gasteiger partial charge in [-0.05, 0) is 64.0 Å². The van der Waals surface area contributed by atoms with E-state index in [-0.39, 0.29) is 17.7 Å². The highest BCUT2D eigenvalue weighted by Gasteiger charge is 2.38. The topological polar surface area (TPSA) is 86.8 Å². The Kier molecular flexibility index (Phi) is 7.18. The van der Waals surface area contributed by atoms with Crippen molar-refractivity contribution >= 4 is 21.8 Å². The molecule has 1 N–H and O–H groups in total. The van der Waals surface area contributed by atoms with E-state index in [9.17, 15) is 18.0 Å². The van der Waals surface area contributed by atoms with E-state index < -0.39 is 21.3 Å². The number of aryl methyl sites for hydroxylation is 1. The lowest BCUT2D eigenvalue weighted by molar-refractivity contribution is -0.133. The van der Waals surface area contributed by atoms with Crippen LogP contribution in [0.5, 0.6) is 0 Å². The summed E-state index contributed by atoms with van der Waals surface area (Å²) in [5.41, 5.74) is 1.43. The van der Waals surface area contributed by atoms with Crippen molar-refractivity contribution < 1.29 is 18.0 Å². The van der Waals surface area contributed by atoms with Crippen LogP contribution in [-0.2, 0) is 14.8 Å². The minimum Gasteiger partial charge on any atom is -0.341 e. The Balaban J connectivity index is 1.76. The number of nitrogens with zero attached hydrogens (tertiary/aromatic N) is 2. The van der Waals surface area contributed by atoms with Gasteiger partial charge in [-0.1, -0.05) is 18.2 Å². The van der Waals surface area contributed by atoms with Crippen LogP contribution in [0.4, 0.5) is 0 Å². The Bertz CT molecular complexity index is 870. The number of carbonyl (C=O) groups is 2. The smallest absolute Gasteiger partial charge is 0.252 e. The molecule has 0 saturated carbocycles. The highest BCUT2D eigenvalue weighted by molar-refractivity contribution is 7.89. The molecule has 2 aliphatic rings. The number of likely N-dealkylation sites (tertiary alicyclic amines) is 1. The maximum atomic E-state index is 13.3. The maximum absolute atomic E-state index is 13.3. The summed E-state index contributed by atoms with van der Waals surface area (Å²) in [7, 11) is -3.31. The first-order valence-corrected chi connectivity index (χ1v) is 12.4. The van der Waals surface area contributed by atoms with Gasteiger partial charge in [0.2, 0.25) is 15.9 Å². The molecule has 7 nitrogen and oxygen atoms in total. The standard InChI is InChI=1S/C22H33N3O4S/c1-16(2)30(28,29)25-14-10-18(11-15-25)20(22(27)24-12-6-7-13-24)23-21(26)19-9-5-4-8-17(19)3/h4-5,8-9,16,18,20H,6-7,10-15H2,1-3H3,(H,23,26). The fourth-order valence-corrected chi connectivity index (χ4v) is 5.64. The third-order valence-corrected chi connectivity index (χ3v) is 8.56. The van der Waals surface area contributed by atoms with Crippen molar-refractivity contribution in [2.75, 3.05) is 26.2 Å². The molecule has 3 rings (SSSR count). The summed E-state index contributed by atoms with van der Waals surface area (Å²) in [6, 6.07) is 6.71. The van der Waals surface area contributed by atoms with Crippen LogP contribution in [0, 0.1) is 12.8 Å². The minimum atomic E-state index is -3.31. The number of benzene rings is 1. The Hall–Kier alpha value is -1.93. The molecule has 0 radical (unpaired) electrons. The van der Waals surface area contributed by atoms with E-state index in [1.54, 1.807) is 19.9 Å². The third-order valence-electron chi connectivity index (χ3n) is 6.29. The van der Waals surface area contributed by atoms with Gasteiger partial charge < -0.3 is 10.2 Å². The number of rotatable bonds is 6. The molecular weight excluding hydrogens is 402 g/mol. The van der Waals surface area contributed by atoms with Crippen molar-refractivity contribution in [1.82, 2.24) is 14.5 Å². The number of sulfonamides is 1. The lowest BCUT2D eigenvalue weighted by Gasteiger charge is -2.37. The fourth-order valence-electron chi connectivity index (χ4n) is 4.32. The van der Waals surface area contributed by atoms with E-state index in [0.717, 1.165) is 31.5 Å². The molecule has 8 heteroatoms. The first-order valence-electron chi connectivity index (χ1n) is 10.9. The molecule has 0 spiro atoms. The molecule has 0 bridgehead atoms. The van der Waals surface area contributed by atoms with E-state index in [1.807, 2.05) is 30.0 Å². The Morgan fingerprint density at radius 3 is 2.20 bits per heavy atom. The van der Waals surface area contributed by atoms with Crippen LogP contribution in [0.15, 0.2) is 24.3 Å². The normalized spacial score (nSPS) is 19.8. The van der Waals surface area contributed by atoms with Gasteiger partial charge in [-0.15, -0.1) is 0 Å². The molecule has 2 aliphatic heterocycles. The van der Waals surface area contributed by atoms with Crippen molar-refractivity contribution in [3.8, 4) is 0 Å². The van der Waals surface area contributed by atoms with Gasteiger partial charge in [0.05, 0.1) is 5.25 Å². The second kappa shape index (κ2) is 9.47. The molecule has 1 aromatic carbocycles. The van der Waals surface area contributed by atoms with Crippen LogP contribution < -0.4 is 5.32 Å². The van der Waals surface area contributed by atoms with Gasteiger partial charge >= 0.3 is 0 Å². The summed E-state index contributed by atoms with van der Waals surface area (Å²) >= 11 is 0. The zero-order valence-corrected chi connectivity index (χ0v) is 19.0. The van der Waals surface area contributed by atoms with Gasteiger partial charge in [0.1, 0.15) is 6.04 Å². The number of amides is 2. The first kappa shape index (κ1) is 22.7. The monoisotopic (exact) mass is 435 g/mol. The summed E-state index contributed by atoms with van der Waals surface area (Å²) in [6.45, 7) is 7.45. The summed E-state index contributed by atoms with van der Waals surface area (Å²) in [5.74, 6) is -0.368. The van der Waals surface area contributed by atoms with Gasteiger partial charge in [0, 0.05) is 31.7 Å². The van der Waals surface area contributed by atoms with E-state index >= 15 is 0 Å². The Morgan fingerprint density at radius 2 is 1.63 bits per heavy atom. The first-order chi connectivity index (χ1) is 14.2. The van der Waals surface area contributed by atoms with Crippen molar-refractivity contribution in [2.45, 2.75) is 57.7 Å². The highest BCUT2D eigenvalue weighted by Crippen LogP contribution is 2.26. The maximum Gasteiger partial charge on any atom is 0.252 e. The molecule has 30 heavy (non-hydrogen) atoms. The predicted octanol–water partition coefficient (Wildman–Crippen LogP) is 2.17. The molecule has 0 aliphatic carbocycles. The fraction of sp³-hybridized carbons (Fsp3) is 0.636. The van der Waals surface area contributed by atoms with Gasteiger partial charge in [0.25, 0.3) is 5.91 Å². The zero-order chi connectivity index (χ0) is 21.9. The summed E-state index contributed by atoms with van der Waals surface area (Å²) in [6.07, 6.45) is 3.08. The molecule has 1 unspecified atom stereocenters. The summed E-state index contributed by atoms with van der Waals surface area (Å²) in [4.78, 5) is 28.1.